The van der Waals surface area contributed by atoms with E-state index in [2.05, 4.69) is 10.3 Å². The number of para-hydroxylation sites is 2. The van der Waals surface area contributed by atoms with E-state index in [1.54, 1.807) is 37.5 Å². The number of methoxy groups -OCH3 is 2. The summed E-state index contributed by atoms with van der Waals surface area (Å²) in [6.07, 6.45) is 1.58. The third-order valence-electron chi connectivity index (χ3n) is 4.52. The first-order valence-electron chi connectivity index (χ1n) is 9.33. The number of aliphatic imine (C=N–C) groups is 1. The van der Waals surface area contributed by atoms with Gasteiger partial charge in [0.15, 0.2) is 5.17 Å². The minimum absolute atomic E-state index is 0.0833. The van der Waals surface area contributed by atoms with Crippen LogP contribution in [0.2, 0.25) is 0 Å². The molecule has 0 radical (unpaired) electrons. The lowest BCUT2D eigenvalue weighted by molar-refractivity contribution is -0.384. The van der Waals surface area contributed by atoms with Crippen LogP contribution >= 0.6 is 11.8 Å². The van der Waals surface area contributed by atoms with Crippen LogP contribution in [0.3, 0.4) is 0 Å². The smallest absolute Gasteiger partial charge is 0.270 e. The third kappa shape index (κ3) is 4.35. The van der Waals surface area contributed by atoms with E-state index in [4.69, 9.17) is 13.9 Å². The average molecular weight is 451 g/mol. The number of amides is 1. The lowest BCUT2D eigenvalue weighted by Gasteiger charge is -2.05. The van der Waals surface area contributed by atoms with E-state index in [1.807, 2.05) is 12.1 Å². The van der Waals surface area contributed by atoms with Crippen LogP contribution in [0.4, 0.5) is 11.4 Å². The Morgan fingerprint density at radius 1 is 1.09 bits per heavy atom. The number of nitrogens with zero attached hydrogens (tertiary/aromatic N) is 2. The molecule has 1 fully saturated rings. The molecule has 1 aromatic heterocycles. The van der Waals surface area contributed by atoms with Crippen molar-refractivity contribution in [3.8, 4) is 22.8 Å². The molecular formula is C22H17N3O6S. The highest BCUT2D eigenvalue weighted by Crippen LogP contribution is 2.36. The van der Waals surface area contributed by atoms with E-state index >= 15 is 0 Å². The van der Waals surface area contributed by atoms with Crippen LogP contribution in [0, 0.1) is 10.1 Å². The molecular weight excluding hydrogens is 434 g/mol. The maximum absolute atomic E-state index is 12.4. The van der Waals surface area contributed by atoms with Crippen LogP contribution in [0.25, 0.3) is 17.4 Å². The molecule has 0 aliphatic carbocycles. The van der Waals surface area contributed by atoms with Crippen LogP contribution in [0.15, 0.2) is 68.9 Å². The quantitative estimate of drug-likeness (QED) is 0.326. The molecule has 1 N–H and O–H groups in total. The van der Waals surface area contributed by atoms with Gasteiger partial charge in [-0.2, -0.15) is 0 Å². The lowest BCUT2D eigenvalue weighted by atomic mass is 10.1. The number of hydrogen-bond donors (Lipinski definition) is 1. The fraction of sp³-hybridized carbons (Fsp3) is 0.0909. The SMILES string of the molecule is COc1ccccc1N=C1NC(=O)/C(=C/c2ccc(-c3cc([N+](=O)[O-])ccc3OC)o2)S1. The van der Waals surface area contributed by atoms with Crippen molar-refractivity contribution in [2.45, 2.75) is 0 Å². The summed E-state index contributed by atoms with van der Waals surface area (Å²) in [4.78, 5) is 27.8. The molecule has 162 valence electrons. The highest BCUT2D eigenvalue weighted by Gasteiger charge is 2.25. The minimum Gasteiger partial charge on any atom is -0.496 e. The number of nitro benzene ring substituents is 1. The van der Waals surface area contributed by atoms with Gasteiger partial charge in [0.25, 0.3) is 11.6 Å². The summed E-state index contributed by atoms with van der Waals surface area (Å²) in [5, 5.41) is 14.2. The summed E-state index contributed by atoms with van der Waals surface area (Å²) < 4.78 is 16.4. The monoisotopic (exact) mass is 451 g/mol. The van der Waals surface area contributed by atoms with Gasteiger partial charge >= 0.3 is 0 Å². The molecule has 10 heteroatoms. The minimum atomic E-state index is -0.489. The number of carbonyl (C=O) groups is 1. The molecule has 1 aliphatic rings. The van der Waals surface area contributed by atoms with Crippen LogP contribution in [0.5, 0.6) is 11.5 Å². The number of furan rings is 1. The molecule has 0 atom stereocenters. The Kier molecular flexibility index (Phi) is 5.95. The molecule has 4 rings (SSSR count). The molecule has 2 aromatic carbocycles. The normalized spacial score (nSPS) is 15.8. The van der Waals surface area contributed by atoms with Crippen molar-refractivity contribution in [1.82, 2.24) is 5.32 Å². The van der Waals surface area contributed by atoms with Gasteiger partial charge < -0.3 is 19.2 Å². The summed E-state index contributed by atoms with van der Waals surface area (Å²) in [5.41, 5.74) is 0.949. The summed E-state index contributed by atoms with van der Waals surface area (Å²) in [6.45, 7) is 0. The zero-order chi connectivity index (χ0) is 22.7. The molecule has 0 spiro atoms. The molecule has 0 saturated carbocycles. The molecule has 0 unspecified atom stereocenters. The number of rotatable bonds is 6. The number of non-ortho nitro benzene ring substituents is 1. The van der Waals surface area contributed by atoms with Crippen molar-refractivity contribution >= 4 is 40.3 Å². The van der Waals surface area contributed by atoms with Gasteiger partial charge in [0, 0.05) is 18.2 Å². The number of hydrogen-bond acceptors (Lipinski definition) is 8. The van der Waals surface area contributed by atoms with Gasteiger partial charge in [-0.1, -0.05) is 12.1 Å². The fourth-order valence-electron chi connectivity index (χ4n) is 3.02. The molecule has 9 nitrogen and oxygen atoms in total. The van der Waals surface area contributed by atoms with Crippen molar-refractivity contribution in [2.75, 3.05) is 14.2 Å². The van der Waals surface area contributed by atoms with Crippen molar-refractivity contribution in [2.24, 2.45) is 4.99 Å². The second-order valence-corrected chi connectivity index (χ2v) is 7.53. The zero-order valence-corrected chi connectivity index (χ0v) is 17.8. The Hall–Kier alpha value is -4.05. The Balaban J connectivity index is 1.60. The van der Waals surface area contributed by atoms with E-state index in [9.17, 15) is 14.9 Å². The van der Waals surface area contributed by atoms with Gasteiger partial charge in [-0.15, -0.1) is 0 Å². The van der Waals surface area contributed by atoms with Gasteiger partial charge in [-0.25, -0.2) is 4.99 Å². The summed E-state index contributed by atoms with van der Waals surface area (Å²) >= 11 is 1.17. The first kappa shape index (κ1) is 21.2. The van der Waals surface area contributed by atoms with Crippen LogP contribution in [0.1, 0.15) is 5.76 Å². The first-order valence-corrected chi connectivity index (χ1v) is 10.2. The van der Waals surface area contributed by atoms with Gasteiger partial charge in [0.2, 0.25) is 0 Å². The molecule has 1 amide bonds. The van der Waals surface area contributed by atoms with Crippen LogP contribution in [-0.4, -0.2) is 30.2 Å². The molecule has 3 aromatic rings. The number of nitro groups is 1. The van der Waals surface area contributed by atoms with Gasteiger partial charge in [-0.3, -0.25) is 14.9 Å². The van der Waals surface area contributed by atoms with Crippen molar-refractivity contribution in [1.29, 1.82) is 0 Å². The largest absolute Gasteiger partial charge is 0.496 e. The summed E-state index contributed by atoms with van der Waals surface area (Å²) in [6, 6.07) is 14.8. The Bertz CT molecular complexity index is 1260. The van der Waals surface area contributed by atoms with E-state index in [0.717, 1.165) is 0 Å². The summed E-state index contributed by atoms with van der Waals surface area (Å²) in [7, 11) is 3.02. The highest BCUT2D eigenvalue weighted by molar-refractivity contribution is 8.18. The number of carbonyl (C=O) groups excluding carboxylic acids is 1. The second kappa shape index (κ2) is 8.98. The zero-order valence-electron chi connectivity index (χ0n) is 17.0. The highest BCUT2D eigenvalue weighted by atomic mass is 32.2. The third-order valence-corrected chi connectivity index (χ3v) is 5.43. The first-order chi connectivity index (χ1) is 15.5. The number of thioether (sulfide) groups is 1. The van der Waals surface area contributed by atoms with Gasteiger partial charge in [0.05, 0.1) is 29.6 Å². The number of ether oxygens (including phenoxy) is 2. The van der Waals surface area contributed by atoms with Crippen molar-refractivity contribution in [3.63, 3.8) is 0 Å². The Morgan fingerprint density at radius 2 is 1.88 bits per heavy atom. The molecule has 32 heavy (non-hydrogen) atoms. The van der Waals surface area contributed by atoms with E-state index in [-0.39, 0.29) is 11.6 Å². The summed E-state index contributed by atoms with van der Waals surface area (Å²) in [5.74, 6) is 1.50. The van der Waals surface area contributed by atoms with Crippen LogP contribution < -0.4 is 14.8 Å². The average Bonchev–Trinajstić information content (AvgIpc) is 3.40. The number of nitrogens with one attached hydrogen (secondary N) is 1. The Morgan fingerprint density at radius 3 is 2.62 bits per heavy atom. The predicted octanol–water partition coefficient (Wildman–Crippen LogP) is 4.76. The molecule has 0 bridgehead atoms. The second-order valence-electron chi connectivity index (χ2n) is 6.50. The number of amidine groups is 1. The number of benzene rings is 2. The maximum Gasteiger partial charge on any atom is 0.270 e. The molecule has 1 saturated heterocycles. The lowest BCUT2D eigenvalue weighted by Crippen LogP contribution is -2.19. The predicted molar refractivity (Wildman–Crippen MR) is 121 cm³/mol. The fourth-order valence-corrected chi connectivity index (χ4v) is 3.83. The standard InChI is InChI=1S/C22H17N3O6S/c1-29-17-9-7-13(25(27)28)11-15(17)18-10-8-14(31-18)12-20-21(26)24-22(32-20)23-16-5-3-4-6-19(16)30-2/h3-12H,1-2H3,(H,23,24,26)/b20-12-. The van der Waals surface area contributed by atoms with Gasteiger partial charge in [0.1, 0.15) is 28.7 Å². The van der Waals surface area contributed by atoms with Crippen LogP contribution in [-0.2, 0) is 4.79 Å². The molecule has 1 aliphatic heterocycles. The van der Waals surface area contributed by atoms with E-state index in [0.29, 0.717) is 44.3 Å². The van der Waals surface area contributed by atoms with E-state index in [1.165, 1.54) is 37.1 Å². The Labute approximate surface area is 186 Å². The maximum atomic E-state index is 12.4. The van der Waals surface area contributed by atoms with Crippen molar-refractivity contribution in [3.05, 3.63) is 75.4 Å². The van der Waals surface area contributed by atoms with Gasteiger partial charge in [-0.05, 0) is 42.1 Å². The topological polar surface area (TPSA) is 116 Å². The van der Waals surface area contributed by atoms with Crippen molar-refractivity contribution < 1.29 is 23.6 Å². The molecule has 2 heterocycles. The van der Waals surface area contributed by atoms with E-state index < -0.39 is 4.92 Å².